The van der Waals surface area contributed by atoms with Gasteiger partial charge in [0.25, 0.3) is 5.91 Å². The van der Waals surface area contributed by atoms with E-state index in [9.17, 15) is 9.59 Å². The maximum atomic E-state index is 11.8. The lowest BCUT2D eigenvalue weighted by molar-refractivity contribution is -0.124. The van der Waals surface area contributed by atoms with Crippen molar-refractivity contribution in [2.75, 3.05) is 20.3 Å². The molecule has 2 aromatic carbocycles. The van der Waals surface area contributed by atoms with E-state index in [2.05, 4.69) is 21.2 Å². The number of ether oxygens (including phenoxy) is 2. The molecule has 0 fully saturated rings. The minimum absolute atomic E-state index is 0.308. The summed E-state index contributed by atoms with van der Waals surface area (Å²) in [4.78, 5) is 23.6. The Balaban J connectivity index is 1.74. The quantitative estimate of drug-likeness (QED) is 0.736. The summed E-state index contributed by atoms with van der Waals surface area (Å²) in [6, 6.07) is 14.4. The molecule has 0 aromatic heterocycles. The first-order chi connectivity index (χ1) is 11.6. The molecule has 0 radical (unpaired) electrons. The summed E-state index contributed by atoms with van der Waals surface area (Å²) in [6.07, 6.45) is 0.634. The smallest absolute Gasteiger partial charge is 0.338 e. The third-order valence-electron chi connectivity index (χ3n) is 3.30. The molecule has 0 unspecified atom stereocenters. The van der Waals surface area contributed by atoms with Crippen molar-refractivity contribution in [3.05, 3.63) is 64.1 Å². The Morgan fingerprint density at radius 2 is 1.92 bits per heavy atom. The predicted octanol–water partition coefficient (Wildman–Crippen LogP) is 2.97. The first-order valence-electron chi connectivity index (χ1n) is 7.41. The second kappa shape index (κ2) is 9.08. The molecule has 0 bridgehead atoms. The summed E-state index contributed by atoms with van der Waals surface area (Å²) >= 11 is 3.28. The van der Waals surface area contributed by atoms with Crippen molar-refractivity contribution >= 4 is 27.8 Å². The minimum Gasteiger partial charge on any atom is -0.496 e. The molecule has 0 saturated carbocycles. The average molecular weight is 392 g/mol. The lowest BCUT2D eigenvalue weighted by atomic mass is 10.1. The van der Waals surface area contributed by atoms with Crippen LogP contribution in [-0.4, -0.2) is 32.1 Å². The summed E-state index contributed by atoms with van der Waals surface area (Å²) in [6.45, 7) is 0.130. The molecule has 0 spiro atoms. The lowest BCUT2D eigenvalue weighted by Gasteiger charge is -2.09. The summed E-state index contributed by atoms with van der Waals surface area (Å²) in [5.74, 6) is -0.0859. The Morgan fingerprint density at radius 1 is 1.12 bits per heavy atom. The highest BCUT2D eigenvalue weighted by Crippen LogP contribution is 2.17. The number of halogens is 1. The zero-order chi connectivity index (χ0) is 17.4. The second-order valence-corrected chi connectivity index (χ2v) is 5.91. The fourth-order valence-electron chi connectivity index (χ4n) is 2.13. The van der Waals surface area contributed by atoms with Crippen molar-refractivity contribution in [3.63, 3.8) is 0 Å². The van der Waals surface area contributed by atoms with Crippen LogP contribution in [0.3, 0.4) is 0 Å². The summed E-state index contributed by atoms with van der Waals surface area (Å²) in [7, 11) is 1.61. The summed E-state index contributed by atoms with van der Waals surface area (Å²) in [5, 5.41) is 2.72. The molecule has 5 nitrogen and oxygen atoms in total. The SMILES string of the molecule is COc1ccccc1CCNC(=O)COC(=O)c1cccc(Br)c1. The maximum absolute atomic E-state index is 11.8. The number of nitrogens with one attached hydrogen (secondary N) is 1. The molecule has 1 amide bonds. The molecule has 0 aliphatic carbocycles. The number of rotatable bonds is 7. The van der Waals surface area contributed by atoms with Gasteiger partial charge in [-0.3, -0.25) is 4.79 Å². The van der Waals surface area contributed by atoms with E-state index in [1.54, 1.807) is 31.4 Å². The zero-order valence-corrected chi connectivity index (χ0v) is 14.8. The van der Waals surface area contributed by atoms with E-state index >= 15 is 0 Å². The maximum Gasteiger partial charge on any atom is 0.338 e. The van der Waals surface area contributed by atoms with Gasteiger partial charge in [-0.05, 0) is 36.2 Å². The van der Waals surface area contributed by atoms with Crippen molar-refractivity contribution in [1.82, 2.24) is 5.32 Å². The molecule has 0 aliphatic heterocycles. The van der Waals surface area contributed by atoms with Crippen LogP contribution in [0.4, 0.5) is 0 Å². The summed E-state index contributed by atoms with van der Waals surface area (Å²) in [5.41, 5.74) is 1.40. The molecule has 2 aromatic rings. The van der Waals surface area contributed by atoms with Crippen LogP contribution in [-0.2, 0) is 16.0 Å². The van der Waals surface area contributed by atoms with Gasteiger partial charge in [0, 0.05) is 11.0 Å². The third-order valence-corrected chi connectivity index (χ3v) is 3.80. The third kappa shape index (κ3) is 5.38. The van der Waals surface area contributed by atoms with Crippen LogP contribution in [0.1, 0.15) is 15.9 Å². The van der Waals surface area contributed by atoms with Crippen LogP contribution in [0.5, 0.6) is 5.75 Å². The monoisotopic (exact) mass is 391 g/mol. The van der Waals surface area contributed by atoms with E-state index in [1.807, 2.05) is 24.3 Å². The van der Waals surface area contributed by atoms with Gasteiger partial charge >= 0.3 is 5.97 Å². The normalized spacial score (nSPS) is 10.1. The molecular weight excluding hydrogens is 374 g/mol. The molecule has 2 rings (SSSR count). The van der Waals surface area contributed by atoms with E-state index in [0.717, 1.165) is 15.8 Å². The average Bonchev–Trinajstić information content (AvgIpc) is 2.60. The number of carbonyl (C=O) groups excluding carboxylic acids is 2. The number of hydrogen-bond donors (Lipinski definition) is 1. The lowest BCUT2D eigenvalue weighted by Crippen LogP contribution is -2.30. The standard InChI is InChI=1S/C18H18BrNO4/c1-23-16-8-3-2-5-13(16)9-10-20-17(21)12-24-18(22)14-6-4-7-15(19)11-14/h2-8,11H,9-10,12H2,1H3,(H,20,21). The van der Waals surface area contributed by atoms with Gasteiger partial charge in [0.05, 0.1) is 12.7 Å². The minimum atomic E-state index is -0.531. The number of benzene rings is 2. The molecule has 1 N–H and O–H groups in total. The van der Waals surface area contributed by atoms with E-state index in [4.69, 9.17) is 9.47 Å². The van der Waals surface area contributed by atoms with Crippen LogP contribution in [0.2, 0.25) is 0 Å². The first-order valence-corrected chi connectivity index (χ1v) is 8.20. The fourth-order valence-corrected chi connectivity index (χ4v) is 2.53. The van der Waals surface area contributed by atoms with Gasteiger partial charge in [-0.1, -0.05) is 40.2 Å². The molecule has 0 heterocycles. The Morgan fingerprint density at radius 3 is 2.67 bits per heavy atom. The Bertz CT molecular complexity index is 718. The number of carbonyl (C=O) groups is 2. The summed E-state index contributed by atoms with van der Waals surface area (Å²) < 4.78 is 11.0. The van der Waals surface area contributed by atoms with E-state index in [1.165, 1.54) is 0 Å². The Kier molecular flexibility index (Phi) is 6.81. The van der Waals surface area contributed by atoms with Gasteiger partial charge in [0.2, 0.25) is 0 Å². The molecule has 0 saturated heterocycles. The molecule has 0 atom stereocenters. The van der Waals surface area contributed by atoms with Crippen LogP contribution in [0, 0.1) is 0 Å². The molecule has 126 valence electrons. The van der Waals surface area contributed by atoms with Crippen LogP contribution < -0.4 is 10.1 Å². The van der Waals surface area contributed by atoms with Gasteiger partial charge < -0.3 is 14.8 Å². The van der Waals surface area contributed by atoms with Crippen LogP contribution >= 0.6 is 15.9 Å². The van der Waals surface area contributed by atoms with Crippen molar-refractivity contribution in [2.45, 2.75) is 6.42 Å². The van der Waals surface area contributed by atoms with E-state index in [0.29, 0.717) is 18.5 Å². The highest BCUT2D eigenvalue weighted by molar-refractivity contribution is 9.10. The van der Waals surface area contributed by atoms with Crippen molar-refractivity contribution in [1.29, 1.82) is 0 Å². The molecule has 24 heavy (non-hydrogen) atoms. The largest absolute Gasteiger partial charge is 0.496 e. The first kappa shape index (κ1) is 18.0. The number of hydrogen-bond acceptors (Lipinski definition) is 4. The van der Waals surface area contributed by atoms with Gasteiger partial charge in [-0.15, -0.1) is 0 Å². The number of methoxy groups -OCH3 is 1. The van der Waals surface area contributed by atoms with Gasteiger partial charge in [-0.25, -0.2) is 4.79 Å². The van der Waals surface area contributed by atoms with Crippen molar-refractivity contribution in [3.8, 4) is 5.75 Å². The zero-order valence-electron chi connectivity index (χ0n) is 13.3. The predicted molar refractivity (Wildman–Crippen MR) is 94.1 cm³/mol. The second-order valence-electron chi connectivity index (χ2n) is 5.00. The molecular formula is C18H18BrNO4. The van der Waals surface area contributed by atoms with Crippen LogP contribution in [0.15, 0.2) is 53.0 Å². The highest BCUT2D eigenvalue weighted by Gasteiger charge is 2.10. The number of para-hydroxylation sites is 1. The fraction of sp³-hybridized carbons (Fsp3) is 0.222. The Labute approximate surface area is 149 Å². The van der Waals surface area contributed by atoms with Gasteiger partial charge in [0.1, 0.15) is 5.75 Å². The van der Waals surface area contributed by atoms with Crippen LogP contribution in [0.25, 0.3) is 0 Å². The van der Waals surface area contributed by atoms with Crippen molar-refractivity contribution in [2.24, 2.45) is 0 Å². The highest BCUT2D eigenvalue weighted by atomic mass is 79.9. The number of amides is 1. The Hall–Kier alpha value is -2.34. The topological polar surface area (TPSA) is 64.6 Å². The van der Waals surface area contributed by atoms with Crippen molar-refractivity contribution < 1.29 is 19.1 Å². The number of esters is 1. The van der Waals surface area contributed by atoms with E-state index in [-0.39, 0.29) is 12.5 Å². The molecule has 6 heteroatoms. The van der Waals surface area contributed by atoms with Gasteiger partial charge in [0.15, 0.2) is 6.61 Å². The van der Waals surface area contributed by atoms with Gasteiger partial charge in [-0.2, -0.15) is 0 Å². The molecule has 0 aliphatic rings. The van der Waals surface area contributed by atoms with E-state index < -0.39 is 5.97 Å².